The molecular weight excluding hydrogens is 404 g/mol. The van der Waals surface area contributed by atoms with Gasteiger partial charge in [-0.05, 0) is 44.8 Å². The first-order valence-electron chi connectivity index (χ1n) is 9.49. The van der Waals surface area contributed by atoms with E-state index in [0.717, 1.165) is 9.73 Å². The van der Waals surface area contributed by atoms with E-state index in [1.165, 1.54) is 43.8 Å². The van der Waals surface area contributed by atoms with Crippen LogP contribution in [0.15, 0.2) is 84.9 Å². The highest BCUT2D eigenvalue weighted by Gasteiger charge is 2.11. The second-order valence-corrected chi connectivity index (χ2v) is 7.78. The zero-order chi connectivity index (χ0) is 21.1. The highest BCUT2D eigenvalue weighted by Crippen LogP contribution is 2.29. The van der Waals surface area contributed by atoms with Crippen LogP contribution in [0.1, 0.15) is 22.3 Å². The summed E-state index contributed by atoms with van der Waals surface area (Å²) in [5.41, 5.74) is 4.92. The van der Waals surface area contributed by atoms with Crippen molar-refractivity contribution in [3.63, 3.8) is 0 Å². The van der Waals surface area contributed by atoms with E-state index >= 15 is 0 Å². The van der Waals surface area contributed by atoms with E-state index < -0.39 is 0 Å². The summed E-state index contributed by atoms with van der Waals surface area (Å²) < 4.78 is 0. The van der Waals surface area contributed by atoms with Gasteiger partial charge in [0.1, 0.15) is 6.79 Å². The Morgan fingerprint density at radius 2 is 0.867 bits per heavy atom. The van der Waals surface area contributed by atoms with Gasteiger partial charge in [-0.15, -0.1) is 0 Å². The van der Waals surface area contributed by atoms with Crippen molar-refractivity contribution in [2.24, 2.45) is 0 Å². The molecule has 2 aliphatic carbocycles. The molecule has 0 amide bonds. The molecule has 0 bridgehead atoms. The van der Waals surface area contributed by atoms with Crippen molar-refractivity contribution in [3.05, 3.63) is 107 Å². The van der Waals surface area contributed by atoms with E-state index in [2.05, 4.69) is 84.9 Å². The van der Waals surface area contributed by atoms with Gasteiger partial charge in [-0.2, -0.15) is 0 Å². The topological polar surface area (TPSA) is 17.1 Å². The molecule has 2 aliphatic rings. The van der Waals surface area contributed by atoms with Gasteiger partial charge in [-0.1, -0.05) is 109 Å². The SMILES string of the molecule is C=O.S=C1C=Cc2cccc3cccc1c23.S=C1C=Cc2cccc3cccc1c23. The van der Waals surface area contributed by atoms with E-state index in [-0.39, 0.29) is 0 Å². The third-order valence-corrected chi connectivity index (χ3v) is 5.95. The summed E-state index contributed by atoms with van der Waals surface area (Å²) >= 11 is 10.6. The number of allylic oxidation sites excluding steroid dienone is 2. The number of thiocarbonyl (C=S) groups is 2. The van der Waals surface area contributed by atoms with Gasteiger partial charge < -0.3 is 4.79 Å². The molecule has 0 unspecified atom stereocenters. The van der Waals surface area contributed by atoms with Gasteiger partial charge >= 0.3 is 0 Å². The lowest BCUT2D eigenvalue weighted by atomic mass is 9.93. The van der Waals surface area contributed by atoms with Crippen LogP contribution in [-0.2, 0) is 4.79 Å². The van der Waals surface area contributed by atoms with Gasteiger partial charge in [0.15, 0.2) is 0 Å². The van der Waals surface area contributed by atoms with Gasteiger partial charge in [-0.3, -0.25) is 0 Å². The minimum absolute atomic E-state index is 0.939. The first kappa shape index (κ1) is 20.0. The van der Waals surface area contributed by atoms with Gasteiger partial charge in [0.05, 0.1) is 0 Å². The Bertz CT molecular complexity index is 1250. The van der Waals surface area contributed by atoms with Crippen LogP contribution in [-0.4, -0.2) is 16.5 Å². The fraction of sp³-hybridized carbons (Fsp3) is 0. The van der Waals surface area contributed by atoms with Crippen LogP contribution in [0.5, 0.6) is 0 Å². The van der Waals surface area contributed by atoms with E-state index in [0.29, 0.717) is 0 Å². The van der Waals surface area contributed by atoms with Crippen LogP contribution in [0.25, 0.3) is 33.7 Å². The van der Waals surface area contributed by atoms with Gasteiger partial charge in [0.2, 0.25) is 0 Å². The summed E-state index contributed by atoms with van der Waals surface area (Å²) in [5, 5.41) is 5.13. The molecule has 1 nitrogen and oxygen atoms in total. The third kappa shape index (κ3) is 3.54. The average Bonchev–Trinajstić information content (AvgIpc) is 2.81. The molecule has 0 radical (unpaired) electrons. The van der Waals surface area contributed by atoms with Crippen molar-refractivity contribution in [2.75, 3.05) is 0 Å². The molecule has 0 fully saturated rings. The van der Waals surface area contributed by atoms with Crippen LogP contribution in [0.3, 0.4) is 0 Å². The Balaban J connectivity index is 0.000000134. The van der Waals surface area contributed by atoms with E-state index in [1.807, 2.05) is 18.9 Å². The monoisotopic (exact) mass is 422 g/mol. The third-order valence-electron chi connectivity index (χ3n) is 5.23. The molecule has 0 spiro atoms. The highest BCUT2D eigenvalue weighted by atomic mass is 32.1. The van der Waals surface area contributed by atoms with E-state index in [4.69, 9.17) is 29.2 Å². The van der Waals surface area contributed by atoms with Crippen molar-refractivity contribution < 1.29 is 4.79 Å². The molecule has 6 rings (SSSR count). The molecule has 4 aromatic rings. The second-order valence-electron chi connectivity index (χ2n) is 6.90. The van der Waals surface area contributed by atoms with Crippen molar-refractivity contribution in [1.29, 1.82) is 0 Å². The minimum atomic E-state index is 0.939. The number of hydrogen-bond donors (Lipinski definition) is 0. The number of carbonyl (C=O) groups is 1. The molecule has 0 atom stereocenters. The maximum absolute atomic E-state index is 8.00. The number of carbonyl (C=O) groups excluding carboxylic acids is 1. The normalized spacial score (nSPS) is 12.8. The van der Waals surface area contributed by atoms with Gasteiger partial charge in [-0.25, -0.2) is 0 Å². The Hall–Kier alpha value is -3.27. The number of hydrogen-bond acceptors (Lipinski definition) is 3. The molecule has 30 heavy (non-hydrogen) atoms. The average molecular weight is 423 g/mol. The molecule has 3 heteroatoms. The fourth-order valence-electron chi connectivity index (χ4n) is 3.94. The maximum Gasteiger partial charge on any atom is 0.106 e. The van der Waals surface area contributed by atoms with Crippen LogP contribution >= 0.6 is 24.4 Å². The molecule has 0 aliphatic heterocycles. The molecular formula is C27H18OS2. The summed E-state index contributed by atoms with van der Waals surface area (Å²) in [4.78, 5) is 9.88. The zero-order valence-electron chi connectivity index (χ0n) is 16.2. The fourth-order valence-corrected chi connectivity index (χ4v) is 4.42. The molecule has 0 N–H and O–H groups in total. The summed E-state index contributed by atoms with van der Waals surface area (Å²) in [5.74, 6) is 0. The van der Waals surface area contributed by atoms with Crippen molar-refractivity contribution in [2.45, 2.75) is 0 Å². The summed E-state index contributed by atoms with van der Waals surface area (Å²) in [7, 11) is 0. The smallest absolute Gasteiger partial charge is 0.106 e. The summed E-state index contributed by atoms with van der Waals surface area (Å²) in [6, 6.07) is 25.3. The van der Waals surface area contributed by atoms with E-state index in [1.54, 1.807) is 0 Å². The molecule has 4 aromatic carbocycles. The number of rotatable bonds is 0. The second kappa shape index (κ2) is 8.62. The lowest BCUT2D eigenvalue weighted by molar-refractivity contribution is -0.0979. The molecule has 0 aromatic heterocycles. The summed E-state index contributed by atoms with van der Waals surface area (Å²) in [6.45, 7) is 2.00. The van der Waals surface area contributed by atoms with Crippen LogP contribution in [0.2, 0.25) is 0 Å². The van der Waals surface area contributed by atoms with Crippen LogP contribution < -0.4 is 0 Å². The van der Waals surface area contributed by atoms with Crippen molar-refractivity contribution in [1.82, 2.24) is 0 Å². The Morgan fingerprint density at radius 3 is 1.27 bits per heavy atom. The predicted molar refractivity (Wildman–Crippen MR) is 136 cm³/mol. The van der Waals surface area contributed by atoms with Crippen molar-refractivity contribution >= 4 is 74.7 Å². The molecule has 0 heterocycles. The Labute approximate surface area is 186 Å². The van der Waals surface area contributed by atoms with Crippen LogP contribution in [0.4, 0.5) is 0 Å². The highest BCUT2D eigenvalue weighted by molar-refractivity contribution is 7.81. The quantitative estimate of drug-likeness (QED) is 0.284. The van der Waals surface area contributed by atoms with Gasteiger partial charge in [0.25, 0.3) is 0 Å². The minimum Gasteiger partial charge on any atom is -0.307 e. The lowest BCUT2D eigenvalue weighted by Gasteiger charge is -2.12. The largest absolute Gasteiger partial charge is 0.307 e. The standard InChI is InChI=1S/2C13H8S.CH2O/c2*14-12-8-7-10-4-1-3-9-5-2-6-11(12)13(9)10;1-2/h2*1-8H;1H2. The first-order valence-corrected chi connectivity index (χ1v) is 10.3. The lowest BCUT2D eigenvalue weighted by Crippen LogP contribution is -1.99. The van der Waals surface area contributed by atoms with Gasteiger partial charge in [0, 0.05) is 20.9 Å². The van der Waals surface area contributed by atoms with Crippen LogP contribution in [0, 0.1) is 0 Å². The maximum atomic E-state index is 8.00. The molecule has 0 saturated heterocycles. The molecule has 0 saturated carbocycles. The van der Waals surface area contributed by atoms with Crippen molar-refractivity contribution in [3.8, 4) is 0 Å². The zero-order valence-corrected chi connectivity index (χ0v) is 17.8. The Morgan fingerprint density at radius 1 is 0.500 bits per heavy atom. The Kier molecular flexibility index (Phi) is 5.75. The summed E-state index contributed by atoms with van der Waals surface area (Å²) in [6.07, 6.45) is 8.20. The molecule has 144 valence electrons. The first-order chi connectivity index (χ1) is 14.7. The van der Waals surface area contributed by atoms with E-state index in [9.17, 15) is 0 Å². The number of benzene rings is 4. The predicted octanol–water partition coefficient (Wildman–Crippen LogP) is 6.98.